The van der Waals surface area contributed by atoms with E-state index in [0.29, 0.717) is 17.9 Å². The summed E-state index contributed by atoms with van der Waals surface area (Å²) in [5, 5.41) is 0. The lowest BCUT2D eigenvalue weighted by Gasteiger charge is -2.09. The predicted molar refractivity (Wildman–Crippen MR) is 108 cm³/mol. The van der Waals surface area contributed by atoms with E-state index in [2.05, 4.69) is 17.8 Å². The van der Waals surface area contributed by atoms with Crippen molar-refractivity contribution in [3.8, 4) is 11.5 Å². The number of carbonyl (C=O) groups excluding carboxylic acids is 2. The van der Waals surface area contributed by atoms with Crippen LogP contribution < -0.4 is 20.3 Å². The van der Waals surface area contributed by atoms with Gasteiger partial charge < -0.3 is 9.47 Å². The summed E-state index contributed by atoms with van der Waals surface area (Å²) in [5.41, 5.74) is 6.09. The van der Waals surface area contributed by atoms with Crippen molar-refractivity contribution in [2.24, 2.45) is 0 Å². The third kappa shape index (κ3) is 7.31. The van der Waals surface area contributed by atoms with Gasteiger partial charge in [0.1, 0.15) is 11.5 Å². The van der Waals surface area contributed by atoms with Crippen molar-refractivity contribution < 1.29 is 19.1 Å². The van der Waals surface area contributed by atoms with E-state index in [4.69, 9.17) is 9.47 Å². The Balaban J connectivity index is 1.75. The minimum atomic E-state index is -0.381. The van der Waals surface area contributed by atoms with Crippen LogP contribution in [0.25, 0.3) is 0 Å². The number of hydrogen-bond acceptors (Lipinski definition) is 4. The van der Waals surface area contributed by atoms with Gasteiger partial charge in [-0.2, -0.15) is 0 Å². The highest BCUT2D eigenvalue weighted by molar-refractivity contribution is 5.95. The molecule has 0 spiro atoms. The zero-order valence-electron chi connectivity index (χ0n) is 16.5. The van der Waals surface area contributed by atoms with Crippen molar-refractivity contribution in [3.05, 3.63) is 59.7 Å². The normalized spacial score (nSPS) is 10.2. The molecule has 0 aliphatic carbocycles. The van der Waals surface area contributed by atoms with Gasteiger partial charge in [-0.15, -0.1) is 0 Å². The SMILES string of the molecule is CCCCCCOc1ccc(C(=O)NNC(=O)Cc2cccc(OC)c2)cc1. The lowest BCUT2D eigenvalue weighted by Crippen LogP contribution is -2.42. The monoisotopic (exact) mass is 384 g/mol. The molecule has 0 unspecified atom stereocenters. The van der Waals surface area contributed by atoms with Crippen molar-refractivity contribution in [2.45, 2.75) is 39.0 Å². The number of benzene rings is 2. The molecule has 2 aromatic rings. The number of methoxy groups -OCH3 is 1. The molecule has 150 valence electrons. The van der Waals surface area contributed by atoms with Crippen LogP contribution in [0.5, 0.6) is 11.5 Å². The maximum Gasteiger partial charge on any atom is 0.269 e. The number of hydrazine groups is 1. The van der Waals surface area contributed by atoms with Crippen LogP contribution in [-0.4, -0.2) is 25.5 Å². The Morgan fingerprint density at radius 2 is 1.71 bits per heavy atom. The molecular weight excluding hydrogens is 356 g/mol. The molecule has 0 heterocycles. The topological polar surface area (TPSA) is 76.7 Å². The van der Waals surface area contributed by atoms with Gasteiger partial charge in [-0.3, -0.25) is 20.4 Å². The predicted octanol–water partition coefficient (Wildman–Crippen LogP) is 3.66. The zero-order valence-corrected chi connectivity index (χ0v) is 16.5. The Labute approximate surface area is 166 Å². The Kier molecular flexibility index (Phi) is 8.85. The molecule has 6 nitrogen and oxygen atoms in total. The Hall–Kier alpha value is -3.02. The molecule has 6 heteroatoms. The largest absolute Gasteiger partial charge is 0.497 e. The summed E-state index contributed by atoms with van der Waals surface area (Å²) in [4.78, 5) is 24.2. The first kappa shape index (κ1) is 21.3. The van der Waals surface area contributed by atoms with Gasteiger partial charge in [0.25, 0.3) is 5.91 Å². The number of rotatable bonds is 10. The van der Waals surface area contributed by atoms with E-state index in [-0.39, 0.29) is 18.2 Å². The molecule has 2 amide bonds. The molecule has 2 rings (SSSR count). The molecule has 0 aliphatic rings. The van der Waals surface area contributed by atoms with E-state index in [1.807, 2.05) is 18.2 Å². The summed E-state index contributed by atoms with van der Waals surface area (Å²) in [7, 11) is 1.57. The first-order valence-electron chi connectivity index (χ1n) is 9.57. The van der Waals surface area contributed by atoms with E-state index < -0.39 is 0 Å². The van der Waals surface area contributed by atoms with Gasteiger partial charge in [0, 0.05) is 5.56 Å². The highest BCUT2D eigenvalue weighted by Gasteiger charge is 2.09. The molecule has 0 aromatic heterocycles. The van der Waals surface area contributed by atoms with Crippen LogP contribution in [0.1, 0.15) is 48.5 Å². The molecule has 0 bridgehead atoms. The van der Waals surface area contributed by atoms with E-state index >= 15 is 0 Å². The molecular formula is C22H28N2O4. The van der Waals surface area contributed by atoms with E-state index in [9.17, 15) is 9.59 Å². The molecule has 28 heavy (non-hydrogen) atoms. The van der Waals surface area contributed by atoms with Gasteiger partial charge in [-0.1, -0.05) is 38.3 Å². The van der Waals surface area contributed by atoms with Crippen LogP contribution in [-0.2, 0) is 11.2 Å². The van der Waals surface area contributed by atoms with Gasteiger partial charge in [0.2, 0.25) is 5.91 Å². The second-order valence-corrected chi connectivity index (χ2v) is 6.46. The molecule has 0 radical (unpaired) electrons. The Bertz CT molecular complexity index is 759. The standard InChI is InChI=1S/C22H28N2O4/c1-3-4-5-6-14-28-19-12-10-18(11-13-19)22(26)24-23-21(25)16-17-8-7-9-20(15-17)27-2/h7-13,15H,3-6,14,16H2,1-2H3,(H,23,25)(H,24,26). The summed E-state index contributed by atoms with van der Waals surface area (Å²) in [6.45, 7) is 2.84. The summed E-state index contributed by atoms with van der Waals surface area (Å²) >= 11 is 0. The van der Waals surface area contributed by atoms with Gasteiger partial charge in [-0.25, -0.2) is 0 Å². The molecule has 2 aromatic carbocycles. The van der Waals surface area contributed by atoms with Crippen LogP contribution in [0.4, 0.5) is 0 Å². The first-order valence-corrected chi connectivity index (χ1v) is 9.57. The summed E-state index contributed by atoms with van der Waals surface area (Å²) in [6, 6.07) is 14.1. The van der Waals surface area contributed by atoms with Gasteiger partial charge in [0.05, 0.1) is 20.1 Å². The van der Waals surface area contributed by atoms with Crippen LogP contribution in [0, 0.1) is 0 Å². The third-order valence-corrected chi connectivity index (χ3v) is 4.20. The van der Waals surface area contributed by atoms with Gasteiger partial charge in [0.15, 0.2) is 0 Å². The summed E-state index contributed by atoms with van der Waals surface area (Å²) in [5.74, 6) is 0.722. The fourth-order valence-electron chi connectivity index (χ4n) is 2.63. The lowest BCUT2D eigenvalue weighted by molar-refractivity contribution is -0.121. The smallest absolute Gasteiger partial charge is 0.269 e. The number of carbonyl (C=O) groups is 2. The van der Waals surface area contributed by atoms with Crippen molar-refractivity contribution in [2.75, 3.05) is 13.7 Å². The van der Waals surface area contributed by atoms with E-state index in [1.54, 1.807) is 37.4 Å². The van der Waals surface area contributed by atoms with Crippen LogP contribution in [0.15, 0.2) is 48.5 Å². The first-order chi connectivity index (χ1) is 13.6. The van der Waals surface area contributed by atoms with E-state index in [0.717, 1.165) is 24.2 Å². The van der Waals surface area contributed by atoms with Crippen molar-refractivity contribution in [1.82, 2.24) is 10.9 Å². The molecule has 0 aliphatic heterocycles. The molecule has 0 atom stereocenters. The van der Waals surface area contributed by atoms with Crippen molar-refractivity contribution in [1.29, 1.82) is 0 Å². The average Bonchev–Trinajstić information content (AvgIpc) is 2.72. The van der Waals surface area contributed by atoms with Crippen LogP contribution >= 0.6 is 0 Å². The molecule has 0 saturated heterocycles. The van der Waals surface area contributed by atoms with Gasteiger partial charge >= 0.3 is 0 Å². The summed E-state index contributed by atoms with van der Waals surface area (Å²) in [6.07, 6.45) is 4.73. The minimum Gasteiger partial charge on any atom is -0.497 e. The maximum absolute atomic E-state index is 12.2. The number of nitrogens with one attached hydrogen (secondary N) is 2. The number of unbranched alkanes of at least 4 members (excludes halogenated alkanes) is 3. The third-order valence-electron chi connectivity index (χ3n) is 4.20. The van der Waals surface area contributed by atoms with Crippen LogP contribution in [0.3, 0.4) is 0 Å². The van der Waals surface area contributed by atoms with Crippen molar-refractivity contribution >= 4 is 11.8 Å². The molecule has 0 fully saturated rings. The van der Waals surface area contributed by atoms with Crippen molar-refractivity contribution in [3.63, 3.8) is 0 Å². The summed E-state index contributed by atoms with van der Waals surface area (Å²) < 4.78 is 10.8. The molecule has 0 saturated carbocycles. The van der Waals surface area contributed by atoms with E-state index in [1.165, 1.54) is 12.8 Å². The fourth-order valence-corrected chi connectivity index (χ4v) is 2.63. The number of ether oxygens (including phenoxy) is 2. The zero-order chi connectivity index (χ0) is 20.2. The highest BCUT2D eigenvalue weighted by Crippen LogP contribution is 2.14. The van der Waals surface area contributed by atoms with Crippen LogP contribution in [0.2, 0.25) is 0 Å². The maximum atomic E-state index is 12.2. The molecule has 2 N–H and O–H groups in total. The Morgan fingerprint density at radius 1 is 0.929 bits per heavy atom. The Morgan fingerprint density at radius 3 is 2.43 bits per heavy atom. The quantitative estimate of drug-likeness (QED) is 0.484. The highest BCUT2D eigenvalue weighted by atomic mass is 16.5. The van der Waals surface area contributed by atoms with Gasteiger partial charge in [-0.05, 0) is 48.4 Å². The second kappa shape index (κ2) is 11.6. The minimum absolute atomic E-state index is 0.141. The lowest BCUT2D eigenvalue weighted by atomic mass is 10.1. The fraction of sp³-hybridized carbons (Fsp3) is 0.364. The second-order valence-electron chi connectivity index (χ2n) is 6.46. The number of hydrogen-bond donors (Lipinski definition) is 2. The average molecular weight is 384 g/mol. The number of amides is 2.